The lowest BCUT2D eigenvalue weighted by molar-refractivity contribution is -0.123. The van der Waals surface area contributed by atoms with Gasteiger partial charge in [0.15, 0.2) is 0 Å². The van der Waals surface area contributed by atoms with Crippen LogP contribution in [0.25, 0.3) is 0 Å². The standard InChI is InChI=1S/C20H27NO3S/c22-19-8-4-2-6-17(19)15-25(23,24)21-13-11-20(12-14-21)10-9-16-5-1-3-7-18(16)20/h1,3,5,7,17H,2,4,6,8-15H2. The van der Waals surface area contributed by atoms with Gasteiger partial charge in [-0.1, -0.05) is 30.7 Å². The number of carbonyl (C=O) groups excluding carboxylic acids is 1. The van der Waals surface area contributed by atoms with E-state index >= 15 is 0 Å². The maximum absolute atomic E-state index is 12.8. The van der Waals surface area contributed by atoms with E-state index in [0.717, 1.165) is 44.9 Å². The van der Waals surface area contributed by atoms with E-state index in [4.69, 9.17) is 0 Å². The number of benzene rings is 1. The lowest BCUT2D eigenvalue weighted by Crippen LogP contribution is -2.46. The highest BCUT2D eigenvalue weighted by Gasteiger charge is 2.43. The van der Waals surface area contributed by atoms with Crippen LogP contribution in [-0.2, 0) is 26.7 Å². The average molecular weight is 362 g/mol. The summed E-state index contributed by atoms with van der Waals surface area (Å²) >= 11 is 0. The van der Waals surface area contributed by atoms with E-state index < -0.39 is 10.0 Å². The molecule has 2 fully saturated rings. The summed E-state index contributed by atoms with van der Waals surface area (Å²) in [5.41, 5.74) is 3.05. The molecule has 0 radical (unpaired) electrons. The molecule has 0 aromatic heterocycles. The predicted octanol–water partition coefficient (Wildman–Crippen LogP) is 3.06. The van der Waals surface area contributed by atoms with Crippen LogP contribution >= 0.6 is 0 Å². The van der Waals surface area contributed by atoms with Crippen LogP contribution in [0.3, 0.4) is 0 Å². The monoisotopic (exact) mass is 361 g/mol. The molecular formula is C20H27NO3S. The molecule has 0 bridgehead atoms. The number of nitrogens with zero attached hydrogens (tertiary/aromatic N) is 1. The van der Waals surface area contributed by atoms with Crippen LogP contribution < -0.4 is 0 Å². The van der Waals surface area contributed by atoms with Gasteiger partial charge in [-0.15, -0.1) is 0 Å². The van der Waals surface area contributed by atoms with E-state index in [1.807, 2.05) is 0 Å². The summed E-state index contributed by atoms with van der Waals surface area (Å²) in [6.07, 6.45) is 7.25. The van der Waals surface area contributed by atoms with E-state index in [0.29, 0.717) is 19.5 Å². The number of piperidine rings is 1. The van der Waals surface area contributed by atoms with Gasteiger partial charge in [-0.3, -0.25) is 4.79 Å². The first-order valence-corrected chi connectivity index (χ1v) is 11.2. The highest BCUT2D eigenvalue weighted by molar-refractivity contribution is 7.89. The van der Waals surface area contributed by atoms with Crippen molar-refractivity contribution in [1.82, 2.24) is 4.31 Å². The minimum Gasteiger partial charge on any atom is -0.299 e. The fourth-order valence-electron chi connectivity index (χ4n) is 5.07. The molecule has 0 N–H and O–H groups in total. The smallest absolute Gasteiger partial charge is 0.214 e. The van der Waals surface area contributed by atoms with Crippen LogP contribution in [0.1, 0.15) is 56.1 Å². The van der Waals surface area contributed by atoms with Crippen LogP contribution in [0.5, 0.6) is 0 Å². The quantitative estimate of drug-likeness (QED) is 0.831. The lowest BCUT2D eigenvalue weighted by atomic mass is 9.74. The topological polar surface area (TPSA) is 54.5 Å². The second kappa shape index (κ2) is 6.51. The second-order valence-corrected chi connectivity index (χ2v) is 10.0. The Morgan fingerprint density at radius 1 is 1.04 bits per heavy atom. The number of carbonyl (C=O) groups is 1. The second-order valence-electron chi connectivity index (χ2n) is 8.02. The molecule has 1 saturated carbocycles. The third-order valence-corrected chi connectivity index (χ3v) is 8.60. The molecule has 1 aromatic carbocycles. The zero-order chi connectivity index (χ0) is 17.5. The van der Waals surface area contributed by atoms with Crippen LogP contribution in [0.15, 0.2) is 24.3 Å². The Balaban J connectivity index is 1.44. The van der Waals surface area contributed by atoms with Crippen LogP contribution in [0, 0.1) is 5.92 Å². The van der Waals surface area contributed by atoms with Gasteiger partial charge in [0, 0.05) is 25.4 Å². The third kappa shape index (κ3) is 3.17. The Morgan fingerprint density at radius 2 is 1.80 bits per heavy atom. The molecule has 1 aliphatic heterocycles. The maximum atomic E-state index is 12.8. The highest BCUT2D eigenvalue weighted by Crippen LogP contribution is 2.46. The summed E-state index contributed by atoms with van der Waals surface area (Å²) < 4.78 is 27.3. The first-order valence-electron chi connectivity index (χ1n) is 9.59. The first kappa shape index (κ1) is 17.2. The van der Waals surface area contributed by atoms with Gasteiger partial charge in [-0.05, 0) is 55.1 Å². The number of fused-ring (bicyclic) bond motifs is 2. The number of rotatable bonds is 3. The number of sulfonamides is 1. The molecule has 136 valence electrons. The fraction of sp³-hybridized carbons (Fsp3) is 0.650. The van der Waals surface area contributed by atoms with Crippen molar-refractivity contribution in [2.24, 2.45) is 5.92 Å². The van der Waals surface area contributed by atoms with Crippen LogP contribution in [-0.4, -0.2) is 37.3 Å². The zero-order valence-corrected chi connectivity index (χ0v) is 15.6. The van der Waals surface area contributed by atoms with Gasteiger partial charge in [0.25, 0.3) is 0 Å². The zero-order valence-electron chi connectivity index (χ0n) is 14.7. The Hall–Kier alpha value is -1.20. The lowest BCUT2D eigenvalue weighted by Gasteiger charge is -2.40. The molecule has 1 spiro atoms. The summed E-state index contributed by atoms with van der Waals surface area (Å²) in [4.78, 5) is 12.0. The Morgan fingerprint density at radius 3 is 2.56 bits per heavy atom. The van der Waals surface area contributed by atoms with Gasteiger partial charge >= 0.3 is 0 Å². The van der Waals surface area contributed by atoms with E-state index in [1.165, 1.54) is 11.1 Å². The fourth-order valence-corrected chi connectivity index (χ4v) is 6.88. The third-order valence-electron chi connectivity index (χ3n) is 6.63. The van der Waals surface area contributed by atoms with E-state index in [9.17, 15) is 13.2 Å². The van der Waals surface area contributed by atoms with Crippen molar-refractivity contribution < 1.29 is 13.2 Å². The van der Waals surface area contributed by atoms with E-state index in [1.54, 1.807) is 4.31 Å². The Labute approximate surface area is 150 Å². The summed E-state index contributed by atoms with van der Waals surface area (Å²) in [5, 5.41) is 0. The summed E-state index contributed by atoms with van der Waals surface area (Å²) in [5.74, 6) is -0.107. The molecule has 1 unspecified atom stereocenters. The van der Waals surface area contributed by atoms with E-state index in [2.05, 4.69) is 24.3 Å². The summed E-state index contributed by atoms with van der Waals surface area (Å²) in [6.45, 7) is 1.19. The Bertz CT molecular complexity index is 763. The van der Waals surface area contributed by atoms with Gasteiger partial charge in [-0.25, -0.2) is 12.7 Å². The average Bonchev–Trinajstić information content (AvgIpc) is 2.96. The predicted molar refractivity (Wildman–Crippen MR) is 98.0 cm³/mol. The van der Waals surface area contributed by atoms with Crippen molar-refractivity contribution in [3.05, 3.63) is 35.4 Å². The Kier molecular flexibility index (Phi) is 4.49. The molecule has 2 aliphatic carbocycles. The number of ketones is 1. The first-order chi connectivity index (χ1) is 12.0. The van der Waals surface area contributed by atoms with Crippen molar-refractivity contribution in [3.63, 3.8) is 0 Å². The van der Waals surface area contributed by atoms with Crippen molar-refractivity contribution in [2.75, 3.05) is 18.8 Å². The number of aryl methyl sites for hydroxylation is 1. The van der Waals surface area contributed by atoms with Crippen molar-refractivity contribution in [3.8, 4) is 0 Å². The molecule has 1 heterocycles. The van der Waals surface area contributed by atoms with Gasteiger partial charge in [0.1, 0.15) is 5.78 Å². The van der Waals surface area contributed by atoms with Crippen molar-refractivity contribution >= 4 is 15.8 Å². The number of Topliss-reactive ketones (excluding diaryl/α,β-unsaturated/α-hetero) is 1. The van der Waals surface area contributed by atoms with Gasteiger partial charge < -0.3 is 0 Å². The van der Waals surface area contributed by atoms with Gasteiger partial charge in [-0.2, -0.15) is 0 Å². The maximum Gasteiger partial charge on any atom is 0.214 e. The summed E-state index contributed by atoms with van der Waals surface area (Å²) in [6, 6.07) is 8.64. The molecule has 0 amide bonds. The van der Waals surface area contributed by atoms with E-state index in [-0.39, 0.29) is 22.9 Å². The van der Waals surface area contributed by atoms with Gasteiger partial charge in [0.2, 0.25) is 10.0 Å². The number of hydrogen-bond acceptors (Lipinski definition) is 3. The molecular weight excluding hydrogens is 334 g/mol. The van der Waals surface area contributed by atoms with Crippen LogP contribution in [0.4, 0.5) is 0 Å². The molecule has 5 heteroatoms. The molecule has 4 nitrogen and oxygen atoms in total. The molecule has 1 aromatic rings. The minimum absolute atomic E-state index is 0.0232. The van der Waals surface area contributed by atoms with Crippen molar-refractivity contribution in [1.29, 1.82) is 0 Å². The molecule has 4 rings (SSSR count). The number of hydrogen-bond donors (Lipinski definition) is 0. The summed E-state index contributed by atoms with van der Waals surface area (Å²) in [7, 11) is -3.33. The van der Waals surface area contributed by atoms with Crippen LogP contribution in [0.2, 0.25) is 0 Å². The highest BCUT2D eigenvalue weighted by atomic mass is 32.2. The molecule has 1 atom stereocenters. The van der Waals surface area contributed by atoms with Gasteiger partial charge in [0.05, 0.1) is 5.75 Å². The largest absolute Gasteiger partial charge is 0.299 e. The molecule has 3 aliphatic rings. The molecule has 1 saturated heterocycles. The normalized spacial score (nSPS) is 26.7. The molecule has 25 heavy (non-hydrogen) atoms. The minimum atomic E-state index is -3.33. The van der Waals surface area contributed by atoms with Crippen molar-refractivity contribution in [2.45, 2.75) is 56.8 Å². The SMILES string of the molecule is O=C1CCCCC1CS(=O)(=O)N1CCC2(CCc3ccccc32)CC1.